The molecule has 6 heteroatoms. The van der Waals surface area contributed by atoms with Gasteiger partial charge in [0.15, 0.2) is 0 Å². The van der Waals surface area contributed by atoms with Crippen LogP contribution in [0.25, 0.3) is 0 Å². The predicted octanol–water partition coefficient (Wildman–Crippen LogP) is 2.58. The number of nitrogens with one attached hydrogen (secondary N) is 1. The lowest BCUT2D eigenvalue weighted by Gasteiger charge is -2.23. The molecule has 0 bridgehead atoms. The summed E-state index contributed by atoms with van der Waals surface area (Å²) in [7, 11) is 1.91. The Morgan fingerprint density at radius 1 is 1.26 bits per heavy atom. The van der Waals surface area contributed by atoms with Crippen molar-refractivity contribution in [2.24, 2.45) is 7.05 Å². The van der Waals surface area contributed by atoms with Crippen LogP contribution in [0.3, 0.4) is 0 Å². The Bertz CT molecular complexity index is 755. The normalized spacial score (nSPS) is 20.0. The molecule has 1 aromatic carbocycles. The molecule has 2 amide bonds. The lowest BCUT2D eigenvalue weighted by Crippen LogP contribution is -2.43. The van der Waals surface area contributed by atoms with Gasteiger partial charge in [-0.05, 0) is 37.3 Å². The van der Waals surface area contributed by atoms with Crippen LogP contribution in [0.2, 0.25) is 0 Å². The van der Waals surface area contributed by atoms with Crippen LogP contribution in [0.4, 0.5) is 4.79 Å². The van der Waals surface area contributed by atoms with E-state index in [4.69, 9.17) is 0 Å². The van der Waals surface area contributed by atoms with Crippen LogP contribution in [-0.4, -0.2) is 57.8 Å². The number of nitrogens with zero attached hydrogens (tertiary/aromatic N) is 4. The van der Waals surface area contributed by atoms with Crippen LogP contribution in [0, 0.1) is 0 Å². The molecule has 6 nitrogen and oxygen atoms in total. The maximum atomic E-state index is 12.7. The van der Waals surface area contributed by atoms with Crippen LogP contribution in [0.5, 0.6) is 0 Å². The first-order chi connectivity index (χ1) is 13.2. The third-order valence-electron chi connectivity index (χ3n) is 5.61. The van der Waals surface area contributed by atoms with E-state index in [-0.39, 0.29) is 6.03 Å². The molecule has 0 radical (unpaired) electrons. The number of hydrogen-bond donors (Lipinski definition) is 1. The van der Waals surface area contributed by atoms with Crippen LogP contribution >= 0.6 is 0 Å². The summed E-state index contributed by atoms with van der Waals surface area (Å²) in [5.74, 6) is 0.621. The predicted molar refractivity (Wildman–Crippen MR) is 105 cm³/mol. The fourth-order valence-electron chi connectivity index (χ4n) is 3.96. The van der Waals surface area contributed by atoms with Crippen molar-refractivity contribution in [1.82, 2.24) is 24.9 Å². The molecule has 2 fully saturated rings. The van der Waals surface area contributed by atoms with E-state index in [9.17, 15) is 4.79 Å². The first-order valence-corrected chi connectivity index (χ1v) is 9.98. The SMILES string of the molecule is Cn1cc(CN(C(=O)NCCN2CCC(c3ccccc3)C2)C2CC2)cn1. The second kappa shape index (κ2) is 8.13. The Morgan fingerprint density at radius 2 is 2.07 bits per heavy atom. The number of carbonyl (C=O) groups is 1. The Morgan fingerprint density at radius 3 is 2.78 bits per heavy atom. The first-order valence-electron chi connectivity index (χ1n) is 9.98. The standard InChI is InChI=1S/C21H29N5O/c1-24-14-17(13-23-24)15-26(20-7-8-20)21(27)22-10-12-25-11-9-19(16-25)18-5-3-2-4-6-18/h2-6,13-14,19-20H,7-12,15-16H2,1H3,(H,22,27). The van der Waals surface area contributed by atoms with E-state index in [1.165, 1.54) is 12.0 Å². The minimum Gasteiger partial charge on any atom is -0.337 e. The highest BCUT2D eigenvalue weighted by Crippen LogP contribution is 2.28. The van der Waals surface area contributed by atoms with Gasteiger partial charge >= 0.3 is 6.03 Å². The molecule has 1 N–H and O–H groups in total. The molecule has 1 saturated carbocycles. The zero-order valence-electron chi connectivity index (χ0n) is 16.1. The van der Waals surface area contributed by atoms with Gasteiger partial charge < -0.3 is 15.1 Å². The van der Waals surface area contributed by atoms with E-state index >= 15 is 0 Å². The van der Waals surface area contributed by atoms with Crippen molar-refractivity contribution in [3.05, 3.63) is 53.9 Å². The molecule has 0 spiro atoms. The van der Waals surface area contributed by atoms with Crippen molar-refractivity contribution in [2.45, 2.75) is 37.8 Å². The molecule has 1 aliphatic heterocycles. The molecular weight excluding hydrogens is 338 g/mol. The summed E-state index contributed by atoms with van der Waals surface area (Å²) in [6, 6.07) is 11.2. The summed E-state index contributed by atoms with van der Waals surface area (Å²) in [6.07, 6.45) is 7.25. The van der Waals surface area contributed by atoms with Gasteiger partial charge in [-0.1, -0.05) is 30.3 Å². The number of aromatic nitrogens is 2. The van der Waals surface area contributed by atoms with E-state index in [2.05, 4.69) is 45.6 Å². The van der Waals surface area contributed by atoms with E-state index in [1.54, 1.807) is 4.68 Å². The number of hydrogen-bond acceptors (Lipinski definition) is 3. The van der Waals surface area contributed by atoms with Crippen molar-refractivity contribution in [3.8, 4) is 0 Å². The lowest BCUT2D eigenvalue weighted by molar-refractivity contribution is 0.190. The minimum atomic E-state index is 0.0557. The Kier molecular flexibility index (Phi) is 5.43. The molecule has 2 aliphatic rings. The number of urea groups is 1. The fourth-order valence-corrected chi connectivity index (χ4v) is 3.96. The molecule has 1 aromatic heterocycles. The summed E-state index contributed by atoms with van der Waals surface area (Å²) in [4.78, 5) is 17.1. The molecule has 2 aromatic rings. The molecule has 144 valence electrons. The van der Waals surface area contributed by atoms with Gasteiger partial charge in [0, 0.05) is 44.5 Å². The summed E-state index contributed by atoms with van der Waals surface area (Å²) < 4.78 is 1.79. The van der Waals surface area contributed by atoms with Crippen LogP contribution in [0.1, 0.15) is 36.3 Å². The third kappa shape index (κ3) is 4.69. The Balaban J connectivity index is 1.23. The van der Waals surface area contributed by atoms with Gasteiger partial charge in [-0.3, -0.25) is 4.68 Å². The van der Waals surface area contributed by atoms with Gasteiger partial charge in [0.2, 0.25) is 0 Å². The number of aryl methyl sites for hydroxylation is 1. The summed E-state index contributed by atoms with van der Waals surface area (Å²) in [5, 5.41) is 7.34. The van der Waals surface area contributed by atoms with Gasteiger partial charge in [-0.2, -0.15) is 5.10 Å². The average molecular weight is 367 g/mol. The summed E-state index contributed by atoms with van der Waals surface area (Å²) in [6.45, 7) is 4.46. The summed E-state index contributed by atoms with van der Waals surface area (Å²) >= 11 is 0. The topological polar surface area (TPSA) is 53.4 Å². The van der Waals surface area contributed by atoms with Gasteiger partial charge in [0.1, 0.15) is 0 Å². The smallest absolute Gasteiger partial charge is 0.317 e. The van der Waals surface area contributed by atoms with Crippen LogP contribution in [0.15, 0.2) is 42.7 Å². The van der Waals surface area contributed by atoms with E-state index in [1.807, 2.05) is 24.3 Å². The van der Waals surface area contributed by atoms with Crippen molar-refractivity contribution in [3.63, 3.8) is 0 Å². The highest BCUT2D eigenvalue weighted by atomic mass is 16.2. The van der Waals surface area contributed by atoms with Gasteiger partial charge in [-0.25, -0.2) is 4.79 Å². The number of rotatable bonds is 7. The molecule has 27 heavy (non-hydrogen) atoms. The summed E-state index contributed by atoms with van der Waals surface area (Å²) in [5.41, 5.74) is 2.52. The molecule has 1 aliphatic carbocycles. The molecule has 1 saturated heterocycles. The molecular formula is C21H29N5O. The van der Waals surface area contributed by atoms with Crippen molar-refractivity contribution < 1.29 is 4.79 Å². The van der Waals surface area contributed by atoms with Crippen molar-refractivity contribution >= 4 is 6.03 Å². The monoisotopic (exact) mass is 367 g/mol. The van der Waals surface area contributed by atoms with E-state index < -0.39 is 0 Å². The number of likely N-dealkylation sites (tertiary alicyclic amines) is 1. The highest BCUT2D eigenvalue weighted by molar-refractivity contribution is 5.74. The van der Waals surface area contributed by atoms with Gasteiger partial charge in [0.25, 0.3) is 0 Å². The van der Waals surface area contributed by atoms with E-state index in [0.29, 0.717) is 25.0 Å². The zero-order chi connectivity index (χ0) is 18.6. The average Bonchev–Trinajstić information content (AvgIpc) is 3.27. The number of carbonyl (C=O) groups excluding carboxylic acids is 1. The number of amides is 2. The maximum absolute atomic E-state index is 12.7. The van der Waals surface area contributed by atoms with Crippen molar-refractivity contribution in [2.75, 3.05) is 26.2 Å². The second-order valence-electron chi connectivity index (χ2n) is 7.81. The van der Waals surface area contributed by atoms with Crippen LogP contribution < -0.4 is 5.32 Å². The Hall–Kier alpha value is -2.34. The van der Waals surface area contributed by atoms with Gasteiger partial charge in [-0.15, -0.1) is 0 Å². The molecule has 4 rings (SSSR count). The fraction of sp³-hybridized carbons (Fsp3) is 0.524. The lowest BCUT2D eigenvalue weighted by atomic mass is 9.99. The highest BCUT2D eigenvalue weighted by Gasteiger charge is 2.33. The first kappa shape index (κ1) is 18.0. The van der Waals surface area contributed by atoms with Crippen molar-refractivity contribution in [1.29, 1.82) is 0 Å². The quantitative estimate of drug-likeness (QED) is 0.818. The molecule has 1 atom stereocenters. The van der Waals surface area contributed by atoms with E-state index in [0.717, 1.165) is 38.0 Å². The molecule has 2 heterocycles. The second-order valence-corrected chi connectivity index (χ2v) is 7.81. The van der Waals surface area contributed by atoms with Gasteiger partial charge in [0.05, 0.1) is 12.7 Å². The maximum Gasteiger partial charge on any atom is 0.317 e. The van der Waals surface area contributed by atoms with Crippen LogP contribution in [-0.2, 0) is 13.6 Å². The Labute approximate surface area is 161 Å². The zero-order valence-corrected chi connectivity index (χ0v) is 16.1. The minimum absolute atomic E-state index is 0.0557. The number of benzene rings is 1. The largest absolute Gasteiger partial charge is 0.337 e. The molecule has 1 unspecified atom stereocenters. The third-order valence-corrected chi connectivity index (χ3v) is 5.61.